The molecule has 1 aliphatic carbocycles. The number of aliphatic carboxylic acids is 1. The van der Waals surface area contributed by atoms with Crippen molar-refractivity contribution in [3.63, 3.8) is 0 Å². The normalized spacial score (nSPS) is 18.6. The van der Waals surface area contributed by atoms with Gasteiger partial charge >= 0.3 is 5.97 Å². The monoisotopic (exact) mass is 370 g/mol. The summed E-state index contributed by atoms with van der Waals surface area (Å²) in [5.41, 5.74) is 5.48. The fraction of sp³-hybridized carbons (Fsp3) is 0.400. The zero-order valence-electron chi connectivity index (χ0n) is 14.9. The van der Waals surface area contributed by atoms with E-state index in [2.05, 4.69) is 31.3 Å². The van der Waals surface area contributed by atoms with Crippen molar-refractivity contribution in [3.05, 3.63) is 56.9 Å². The second-order valence-corrected chi connectivity index (χ2v) is 8.15. The third-order valence-electron chi connectivity index (χ3n) is 5.36. The van der Waals surface area contributed by atoms with E-state index in [1.165, 1.54) is 33.0 Å². The van der Waals surface area contributed by atoms with Gasteiger partial charge in [-0.25, -0.2) is 4.79 Å². The minimum Gasteiger partial charge on any atom is -0.480 e. The molecule has 1 atom stereocenters. The Hall–Kier alpha value is -2.21. The van der Waals surface area contributed by atoms with Gasteiger partial charge in [0, 0.05) is 24.1 Å². The van der Waals surface area contributed by atoms with Crippen molar-refractivity contribution in [2.75, 3.05) is 11.1 Å². The van der Waals surface area contributed by atoms with Gasteiger partial charge in [-0.3, -0.25) is 9.36 Å². The smallest absolute Gasteiger partial charge is 0.327 e. The third kappa shape index (κ3) is 2.92. The molecular formula is C20H22N2O3S. The average Bonchev–Trinajstić information content (AvgIpc) is 3.33. The Morgan fingerprint density at radius 2 is 2.12 bits per heavy atom. The minimum absolute atomic E-state index is 0.209. The molecule has 6 heteroatoms. The molecule has 2 heterocycles. The Balaban J connectivity index is 1.71. The fourth-order valence-corrected chi connectivity index (χ4v) is 5.03. The lowest BCUT2D eigenvalue weighted by atomic mass is 10.0. The van der Waals surface area contributed by atoms with Crippen LogP contribution in [-0.4, -0.2) is 21.4 Å². The molecule has 0 amide bonds. The largest absolute Gasteiger partial charge is 0.480 e. The highest BCUT2D eigenvalue weighted by Crippen LogP contribution is 2.48. The van der Waals surface area contributed by atoms with Crippen molar-refractivity contribution in [2.24, 2.45) is 0 Å². The Morgan fingerprint density at radius 1 is 1.35 bits per heavy atom. The summed E-state index contributed by atoms with van der Waals surface area (Å²) in [5, 5.41) is 13.8. The SMILES string of the molecule is Cc1cccc(NCc2cc(=O)n3c(c2C2CC2)SC[C@H]3C(=O)O)c1C. The number of nitrogens with zero attached hydrogens (tertiary/aromatic N) is 1. The molecule has 1 aromatic carbocycles. The van der Waals surface area contributed by atoms with Gasteiger partial charge in [0.25, 0.3) is 5.56 Å². The van der Waals surface area contributed by atoms with Crippen LogP contribution in [0.15, 0.2) is 34.1 Å². The van der Waals surface area contributed by atoms with Crippen molar-refractivity contribution >= 4 is 23.4 Å². The maximum absolute atomic E-state index is 12.6. The number of aromatic nitrogens is 1. The van der Waals surface area contributed by atoms with E-state index in [-0.39, 0.29) is 5.56 Å². The Kier molecular flexibility index (Phi) is 4.31. The fourth-order valence-electron chi connectivity index (χ4n) is 3.61. The molecule has 0 radical (unpaired) electrons. The van der Waals surface area contributed by atoms with Crippen molar-refractivity contribution in [1.82, 2.24) is 4.57 Å². The first kappa shape index (κ1) is 17.2. The van der Waals surface area contributed by atoms with Crippen LogP contribution in [0.25, 0.3) is 0 Å². The summed E-state index contributed by atoms with van der Waals surface area (Å²) in [4.78, 5) is 24.1. The van der Waals surface area contributed by atoms with Crippen LogP contribution in [0.2, 0.25) is 0 Å². The lowest BCUT2D eigenvalue weighted by Gasteiger charge is -2.18. The number of pyridine rings is 1. The molecule has 4 rings (SSSR count). The minimum atomic E-state index is -0.929. The van der Waals surface area contributed by atoms with Gasteiger partial charge in [-0.1, -0.05) is 12.1 Å². The number of aryl methyl sites for hydroxylation is 1. The number of benzene rings is 1. The van der Waals surface area contributed by atoms with Crippen LogP contribution in [0.4, 0.5) is 5.69 Å². The summed E-state index contributed by atoms with van der Waals surface area (Å²) in [7, 11) is 0. The first-order valence-electron chi connectivity index (χ1n) is 8.91. The number of fused-ring (bicyclic) bond motifs is 1. The van der Waals surface area contributed by atoms with Crippen LogP contribution in [-0.2, 0) is 11.3 Å². The summed E-state index contributed by atoms with van der Waals surface area (Å²) in [6, 6.07) is 7.05. The number of carbonyl (C=O) groups is 1. The van der Waals surface area contributed by atoms with Gasteiger partial charge in [0.05, 0.1) is 5.03 Å². The maximum Gasteiger partial charge on any atom is 0.327 e. The van der Waals surface area contributed by atoms with Crippen LogP contribution in [0.3, 0.4) is 0 Å². The number of nitrogens with one attached hydrogen (secondary N) is 1. The van der Waals surface area contributed by atoms with Gasteiger partial charge in [0.15, 0.2) is 0 Å². The molecule has 1 aromatic heterocycles. The van der Waals surface area contributed by atoms with E-state index in [1.54, 1.807) is 6.07 Å². The average molecular weight is 370 g/mol. The Morgan fingerprint density at radius 3 is 2.81 bits per heavy atom. The highest BCUT2D eigenvalue weighted by Gasteiger charge is 2.37. The van der Waals surface area contributed by atoms with Gasteiger partial charge in [0.2, 0.25) is 0 Å². The molecule has 5 nitrogen and oxygen atoms in total. The van der Waals surface area contributed by atoms with Crippen molar-refractivity contribution in [1.29, 1.82) is 0 Å². The molecule has 26 heavy (non-hydrogen) atoms. The number of carboxylic acid groups (broad SMARTS) is 1. The van der Waals surface area contributed by atoms with E-state index in [0.29, 0.717) is 18.2 Å². The highest BCUT2D eigenvalue weighted by molar-refractivity contribution is 7.99. The molecule has 1 aliphatic heterocycles. The number of rotatable bonds is 5. The molecule has 0 bridgehead atoms. The van der Waals surface area contributed by atoms with Crippen LogP contribution in [0, 0.1) is 13.8 Å². The van der Waals surface area contributed by atoms with Crippen LogP contribution < -0.4 is 10.9 Å². The zero-order chi connectivity index (χ0) is 18.4. The number of anilines is 1. The van der Waals surface area contributed by atoms with Gasteiger partial charge in [-0.15, -0.1) is 11.8 Å². The molecule has 1 fully saturated rings. The standard InChI is InChI=1S/C20H22N2O3S/c1-11-4-3-5-15(12(11)2)21-9-14-8-17(23)22-16(20(24)25)10-26-19(22)18(14)13-6-7-13/h3-5,8,13,16,21H,6-7,9-10H2,1-2H3,(H,24,25)/t16-/m0/s1. The second kappa shape index (κ2) is 6.50. The molecule has 2 aliphatic rings. The van der Waals surface area contributed by atoms with E-state index in [4.69, 9.17) is 0 Å². The lowest BCUT2D eigenvalue weighted by Crippen LogP contribution is -2.29. The molecule has 0 unspecified atom stereocenters. The Labute approximate surface area is 156 Å². The summed E-state index contributed by atoms with van der Waals surface area (Å²) >= 11 is 1.51. The predicted octanol–water partition coefficient (Wildman–Crippen LogP) is 3.69. The van der Waals surface area contributed by atoms with Gasteiger partial charge in [0.1, 0.15) is 6.04 Å². The highest BCUT2D eigenvalue weighted by atomic mass is 32.2. The van der Waals surface area contributed by atoms with E-state index in [0.717, 1.165) is 29.1 Å². The molecule has 1 saturated carbocycles. The molecule has 136 valence electrons. The van der Waals surface area contributed by atoms with Crippen molar-refractivity contribution in [2.45, 2.75) is 50.2 Å². The first-order valence-corrected chi connectivity index (χ1v) is 9.90. The van der Waals surface area contributed by atoms with Gasteiger partial charge < -0.3 is 10.4 Å². The summed E-state index contributed by atoms with van der Waals surface area (Å²) in [5.74, 6) is -0.0494. The number of thioether (sulfide) groups is 1. The first-order chi connectivity index (χ1) is 12.5. The summed E-state index contributed by atoms with van der Waals surface area (Å²) < 4.78 is 1.49. The van der Waals surface area contributed by atoms with Crippen LogP contribution >= 0.6 is 11.8 Å². The molecular weight excluding hydrogens is 348 g/mol. The van der Waals surface area contributed by atoms with E-state index in [1.807, 2.05) is 6.07 Å². The number of carboxylic acids is 1. The lowest BCUT2D eigenvalue weighted by molar-refractivity contribution is -0.140. The molecule has 2 aromatic rings. The van der Waals surface area contributed by atoms with Crippen LogP contribution in [0.5, 0.6) is 0 Å². The Bertz CT molecular complexity index is 947. The number of hydrogen-bond acceptors (Lipinski definition) is 4. The maximum atomic E-state index is 12.6. The van der Waals surface area contributed by atoms with Crippen molar-refractivity contribution < 1.29 is 9.90 Å². The molecule has 0 spiro atoms. The van der Waals surface area contributed by atoms with Crippen LogP contribution in [0.1, 0.15) is 47.1 Å². The predicted molar refractivity (Wildman–Crippen MR) is 103 cm³/mol. The second-order valence-electron chi connectivity index (χ2n) is 7.14. The van der Waals surface area contributed by atoms with E-state index in [9.17, 15) is 14.7 Å². The zero-order valence-corrected chi connectivity index (χ0v) is 15.7. The quantitative estimate of drug-likeness (QED) is 0.840. The molecule has 0 saturated heterocycles. The third-order valence-corrected chi connectivity index (χ3v) is 6.54. The summed E-state index contributed by atoms with van der Waals surface area (Å²) in [6.07, 6.45) is 2.22. The molecule has 2 N–H and O–H groups in total. The topological polar surface area (TPSA) is 71.3 Å². The van der Waals surface area contributed by atoms with Gasteiger partial charge in [-0.05, 0) is 60.9 Å². The van der Waals surface area contributed by atoms with Gasteiger partial charge in [-0.2, -0.15) is 0 Å². The number of hydrogen-bond donors (Lipinski definition) is 2. The van der Waals surface area contributed by atoms with Crippen molar-refractivity contribution in [3.8, 4) is 0 Å². The van der Waals surface area contributed by atoms with E-state index < -0.39 is 12.0 Å². The summed E-state index contributed by atoms with van der Waals surface area (Å²) in [6.45, 7) is 4.75. The van der Waals surface area contributed by atoms with E-state index >= 15 is 0 Å².